The fraction of sp³-hybridized carbons (Fsp3) is 0.182. The summed E-state index contributed by atoms with van der Waals surface area (Å²) in [5.41, 5.74) is 6.36. The fourth-order valence-electron chi connectivity index (χ4n) is 3.45. The van der Waals surface area contributed by atoms with Crippen molar-refractivity contribution in [2.24, 2.45) is 0 Å². The highest BCUT2D eigenvalue weighted by atomic mass is 19.1. The van der Waals surface area contributed by atoms with Gasteiger partial charge in [-0.2, -0.15) is 0 Å². The minimum atomic E-state index is -0.252. The van der Waals surface area contributed by atoms with E-state index in [9.17, 15) is 9.18 Å². The second-order valence-corrected chi connectivity index (χ2v) is 7.05. The lowest BCUT2D eigenvalue weighted by Gasteiger charge is -2.22. The van der Waals surface area contributed by atoms with Gasteiger partial charge < -0.3 is 15.6 Å². The first kappa shape index (κ1) is 18.0. The number of H-pyrrole nitrogens is 1. The van der Waals surface area contributed by atoms with E-state index < -0.39 is 0 Å². The number of nitrogens with one attached hydrogen (secondary N) is 3. The quantitative estimate of drug-likeness (QED) is 0.577. The van der Waals surface area contributed by atoms with E-state index in [1.807, 2.05) is 32.1 Å². The molecule has 0 bridgehead atoms. The molecule has 4 rings (SSSR count). The maximum Gasteiger partial charge on any atom is 0.182 e. The maximum atomic E-state index is 13.6. The summed E-state index contributed by atoms with van der Waals surface area (Å²) in [4.78, 5) is 20.4. The first-order valence-electron chi connectivity index (χ1n) is 9.10. The lowest BCUT2D eigenvalue weighted by molar-refractivity contribution is -0.112. The number of aromatic amines is 1. The van der Waals surface area contributed by atoms with Crippen LogP contribution in [0.4, 0.5) is 21.6 Å². The Kier molecular flexibility index (Phi) is 4.47. The van der Waals surface area contributed by atoms with Gasteiger partial charge in [-0.15, -0.1) is 0 Å². The van der Waals surface area contributed by atoms with Crippen LogP contribution in [-0.2, 0) is 4.79 Å². The third-order valence-electron chi connectivity index (χ3n) is 4.85. The highest BCUT2D eigenvalue weighted by Gasteiger charge is 2.25. The Morgan fingerprint density at radius 3 is 2.68 bits per heavy atom. The third-order valence-corrected chi connectivity index (χ3v) is 4.85. The summed E-state index contributed by atoms with van der Waals surface area (Å²) in [5, 5.41) is 6.39. The topological polar surface area (TPSA) is 69.8 Å². The Balaban J connectivity index is 1.82. The number of hydrogen-bond donors (Lipinski definition) is 3. The fourth-order valence-corrected chi connectivity index (χ4v) is 3.45. The molecular weight excluding hydrogens is 355 g/mol. The number of nitrogens with zero attached hydrogens (tertiary/aromatic N) is 1. The van der Waals surface area contributed by atoms with Crippen LogP contribution in [0.2, 0.25) is 0 Å². The summed E-state index contributed by atoms with van der Waals surface area (Å²) in [6.07, 6.45) is 3.56. The number of aromatic nitrogens is 2. The zero-order chi connectivity index (χ0) is 19.8. The van der Waals surface area contributed by atoms with E-state index >= 15 is 0 Å². The number of carbonyl (C=O) groups is 1. The average molecular weight is 376 g/mol. The monoisotopic (exact) mass is 376 g/mol. The van der Waals surface area contributed by atoms with E-state index in [0.717, 1.165) is 28.3 Å². The Morgan fingerprint density at radius 2 is 1.96 bits per heavy atom. The minimum absolute atomic E-state index is 0.00881. The van der Waals surface area contributed by atoms with E-state index in [4.69, 9.17) is 0 Å². The zero-order valence-electron chi connectivity index (χ0n) is 16.0. The van der Waals surface area contributed by atoms with Crippen molar-refractivity contribution in [2.45, 2.75) is 20.8 Å². The van der Waals surface area contributed by atoms with Crippen molar-refractivity contribution in [3.05, 3.63) is 70.4 Å². The van der Waals surface area contributed by atoms with Gasteiger partial charge in [-0.05, 0) is 68.3 Å². The molecular formula is C22H21FN4O. The molecule has 3 aromatic rings. The molecule has 0 aliphatic carbocycles. The molecule has 3 heterocycles. The Morgan fingerprint density at radius 1 is 1.14 bits per heavy atom. The van der Waals surface area contributed by atoms with Crippen LogP contribution in [0.1, 0.15) is 28.1 Å². The molecule has 0 saturated heterocycles. The first-order chi connectivity index (χ1) is 13.4. The van der Waals surface area contributed by atoms with Gasteiger partial charge in [0.1, 0.15) is 11.6 Å². The number of rotatable bonds is 3. The average Bonchev–Trinajstić information content (AvgIpc) is 2.98. The molecule has 3 N–H and O–H groups in total. The summed E-state index contributed by atoms with van der Waals surface area (Å²) in [7, 11) is 0. The number of pyridine rings is 1. The Labute approximate surface area is 162 Å². The van der Waals surface area contributed by atoms with Crippen molar-refractivity contribution in [1.82, 2.24) is 9.97 Å². The molecule has 1 aliphatic rings. The summed E-state index contributed by atoms with van der Waals surface area (Å²) in [5.74, 6) is 0.387. The molecule has 0 unspecified atom stereocenters. The van der Waals surface area contributed by atoms with Crippen molar-refractivity contribution >= 4 is 34.6 Å². The van der Waals surface area contributed by atoms with Gasteiger partial charge in [0, 0.05) is 28.8 Å². The number of Topliss-reactive ketones (excluding diaryl/α,β-unsaturated/α-hetero) is 1. The lowest BCUT2D eigenvalue weighted by Crippen LogP contribution is -2.23. The van der Waals surface area contributed by atoms with E-state index in [1.54, 1.807) is 25.3 Å². The second kappa shape index (κ2) is 6.96. The van der Waals surface area contributed by atoms with Crippen molar-refractivity contribution in [2.75, 3.05) is 17.2 Å². The van der Waals surface area contributed by atoms with Crippen LogP contribution in [0.3, 0.4) is 0 Å². The van der Waals surface area contributed by atoms with E-state index in [2.05, 4.69) is 20.6 Å². The predicted octanol–water partition coefficient (Wildman–Crippen LogP) is 4.75. The number of ketones is 1. The first-order valence-corrected chi connectivity index (χ1v) is 9.10. The summed E-state index contributed by atoms with van der Waals surface area (Å²) < 4.78 is 13.6. The van der Waals surface area contributed by atoms with Crippen molar-refractivity contribution in [3.63, 3.8) is 0 Å². The van der Waals surface area contributed by atoms with Gasteiger partial charge in [-0.1, -0.05) is 0 Å². The highest BCUT2D eigenvalue weighted by Crippen LogP contribution is 2.36. The van der Waals surface area contributed by atoms with Crippen molar-refractivity contribution < 1.29 is 9.18 Å². The standard InChI is InChI=1S/C22H21FN4O/c1-12-9-15(4-5-17(12)23)27-18-6-7-24-22-21(18)16(20(28)11-25-22)10-19-13(2)8-14(3)26-19/h4-10,26H,11H2,1-3H3,(H2,24,25,27)/b16-10+. The normalized spacial score (nSPS) is 14.7. The molecule has 1 aromatic carbocycles. The van der Waals surface area contributed by atoms with Crippen LogP contribution in [0.15, 0.2) is 36.5 Å². The third kappa shape index (κ3) is 3.29. The van der Waals surface area contributed by atoms with Crippen LogP contribution < -0.4 is 10.6 Å². The molecule has 0 radical (unpaired) electrons. The zero-order valence-corrected chi connectivity index (χ0v) is 16.0. The molecule has 0 spiro atoms. The maximum absolute atomic E-state index is 13.6. The molecule has 0 atom stereocenters. The van der Waals surface area contributed by atoms with Crippen LogP contribution in [0.25, 0.3) is 11.6 Å². The number of hydrogen-bond acceptors (Lipinski definition) is 4. The molecule has 5 nitrogen and oxygen atoms in total. The number of halogens is 1. The molecule has 28 heavy (non-hydrogen) atoms. The van der Waals surface area contributed by atoms with Crippen LogP contribution in [0, 0.1) is 26.6 Å². The Bertz CT molecular complexity index is 1110. The molecule has 142 valence electrons. The van der Waals surface area contributed by atoms with Crippen LogP contribution in [0.5, 0.6) is 0 Å². The number of carbonyl (C=O) groups excluding carboxylic acids is 1. The molecule has 0 saturated carbocycles. The number of fused-ring (bicyclic) bond motifs is 1. The second-order valence-electron chi connectivity index (χ2n) is 7.05. The van der Waals surface area contributed by atoms with E-state index in [1.165, 1.54) is 6.07 Å². The number of benzene rings is 1. The molecule has 0 fully saturated rings. The van der Waals surface area contributed by atoms with Gasteiger partial charge in [0.25, 0.3) is 0 Å². The largest absolute Gasteiger partial charge is 0.362 e. The summed E-state index contributed by atoms with van der Waals surface area (Å²) in [6, 6.07) is 8.70. The predicted molar refractivity (Wildman–Crippen MR) is 110 cm³/mol. The van der Waals surface area contributed by atoms with Crippen molar-refractivity contribution in [3.8, 4) is 0 Å². The van der Waals surface area contributed by atoms with Gasteiger partial charge in [0.05, 0.1) is 17.8 Å². The van der Waals surface area contributed by atoms with Gasteiger partial charge >= 0.3 is 0 Å². The van der Waals surface area contributed by atoms with Gasteiger partial charge in [0.15, 0.2) is 5.78 Å². The van der Waals surface area contributed by atoms with Gasteiger partial charge in [-0.25, -0.2) is 9.37 Å². The molecule has 1 aliphatic heterocycles. The SMILES string of the molecule is Cc1cc(C)c(/C=C2\C(=O)CNc3nccc(Nc4ccc(F)c(C)c4)c32)[nH]1. The van der Waals surface area contributed by atoms with Crippen LogP contribution >= 0.6 is 0 Å². The Hall–Kier alpha value is -3.41. The van der Waals surface area contributed by atoms with Crippen LogP contribution in [-0.4, -0.2) is 22.3 Å². The van der Waals surface area contributed by atoms with Gasteiger partial charge in [-0.3, -0.25) is 4.79 Å². The van der Waals surface area contributed by atoms with E-state index in [0.29, 0.717) is 22.5 Å². The summed E-state index contributed by atoms with van der Waals surface area (Å²) in [6.45, 7) is 5.91. The van der Waals surface area contributed by atoms with Gasteiger partial charge in [0.2, 0.25) is 0 Å². The number of aryl methyl sites for hydroxylation is 3. The molecule has 2 aromatic heterocycles. The van der Waals surface area contributed by atoms with Crippen molar-refractivity contribution in [1.29, 1.82) is 0 Å². The molecule has 6 heteroatoms. The van der Waals surface area contributed by atoms with E-state index in [-0.39, 0.29) is 18.1 Å². The summed E-state index contributed by atoms with van der Waals surface area (Å²) >= 11 is 0. The smallest absolute Gasteiger partial charge is 0.182 e. The lowest BCUT2D eigenvalue weighted by atomic mass is 9.95. The minimum Gasteiger partial charge on any atom is -0.362 e. The number of anilines is 3. The molecule has 0 amide bonds. The highest BCUT2D eigenvalue weighted by molar-refractivity contribution is 6.30.